The number of hydrogen-bond acceptors (Lipinski definition) is 7. The molecule has 0 unspecified atom stereocenters. The van der Waals surface area contributed by atoms with Crippen LogP contribution in [0, 0.1) is 0 Å². The number of phenolic OH excluding ortho intramolecular Hbond substituents is 1. The number of benzene rings is 1. The van der Waals surface area contributed by atoms with Gasteiger partial charge in [0.2, 0.25) is 0 Å². The van der Waals surface area contributed by atoms with Crippen LogP contribution in [-0.4, -0.2) is 57.9 Å². The maximum atomic E-state index is 12.6. The smallest absolute Gasteiger partial charge is 0.342 e. The number of fused-ring (bicyclic) bond motifs is 1. The molecule has 4 atom stereocenters. The first-order valence-corrected chi connectivity index (χ1v) is 9.15. The average molecular weight is 401 g/mol. The van der Waals surface area contributed by atoms with Crippen molar-refractivity contribution in [1.29, 1.82) is 0 Å². The summed E-state index contributed by atoms with van der Waals surface area (Å²) in [5, 5.41) is 40.5. The highest BCUT2D eigenvalue weighted by Crippen LogP contribution is 2.38. The molecule has 0 bridgehead atoms. The van der Waals surface area contributed by atoms with E-state index in [2.05, 4.69) is 0 Å². The molecule has 0 saturated heterocycles. The molecule has 27 heavy (non-hydrogen) atoms. The van der Waals surface area contributed by atoms with E-state index in [9.17, 15) is 25.2 Å². The molecular formula is C19H25ClO7. The van der Waals surface area contributed by atoms with Gasteiger partial charge < -0.3 is 29.9 Å². The molecule has 2 rings (SSSR count). The first-order valence-electron chi connectivity index (χ1n) is 8.77. The lowest BCUT2D eigenvalue weighted by Crippen LogP contribution is -2.37. The second-order valence-corrected chi connectivity index (χ2v) is 6.99. The van der Waals surface area contributed by atoms with Gasteiger partial charge in [0.25, 0.3) is 0 Å². The maximum absolute atomic E-state index is 12.6. The fourth-order valence-corrected chi connectivity index (χ4v) is 3.26. The number of aliphatic hydroxyl groups is 3. The Bertz CT molecular complexity index is 704. The van der Waals surface area contributed by atoms with Crippen LogP contribution in [0.4, 0.5) is 0 Å². The minimum atomic E-state index is -1.30. The third-order valence-corrected chi connectivity index (χ3v) is 4.93. The van der Waals surface area contributed by atoms with Crippen molar-refractivity contribution < 1.29 is 34.7 Å². The summed E-state index contributed by atoms with van der Waals surface area (Å²) in [6.07, 6.45) is 0.0811. The minimum Gasteiger partial charge on any atom is -0.507 e. The zero-order valence-corrected chi connectivity index (χ0v) is 16.0. The van der Waals surface area contributed by atoms with E-state index >= 15 is 0 Å². The van der Waals surface area contributed by atoms with Gasteiger partial charge in [-0.3, -0.25) is 0 Å². The normalized spacial score (nSPS) is 28.6. The highest BCUT2D eigenvalue weighted by Gasteiger charge is 2.27. The van der Waals surface area contributed by atoms with Crippen molar-refractivity contribution in [2.75, 3.05) is 7.11 Å². The summed E-state index contributed by atoms with van der Waals surface area (Å²) in [6, 6.07) is 1.24. The summed E-state index contributed by atoms with van der Waals surface area (Å²) >= 11 is 6.29. The van der Waals surface area contributed by atoms with Crippen molar-refractivity contribution in [1.82, 2.24) is 0 Å². The Hall–Kier alpha value is -1.80. The van der Waals surface area contributed by atoms with Crippen molar-refractivity contribution in [2.45, 2.75) is 57.0 Å². The standard InChI is InChI=1S/C19H25ClO7/c1-10-5-3-7-12(21)18(24)13(22)8-4-6-11-16(19(25)27-10)14(23)9-15(26-2)17(11)20/h4,6,9-10,12-13,18,21-24H,3,5,7-8H2,1-2H3/b6-4+/t10-,12+,13-,18+/m0/s1. The number of hydrogen-bond donors (Lipinski definition) is 4. The number of cyclic esters (lactones) is 1. The highest BCUT2D eigenvalue weighted by molar-refractivity contribution is 6.34. The van der Waals surface area contributed by atoms with Gasteiger partial charge in [-0.1, -0.05) is 23.8 Å². The number of carbonyl (C=O) groups excluding carboxylic acids is 1. The lowest BCUT2D eigenvalue weighted by atomic mass is 9.98. The van der Waals surface area contributed by atoms with E-state index < -0.39 is 30.4 Å². The molecule has 0 amide bonds. The third-order valence-electron chi connectivity index (χ3n) is 4.54. The second kappa shape index (κ2) is 9.41. The number of rotatable bonds is 1. The number of methoxy groups -OCH3 is 1. The van der Waals surface area contributed by atoms with Crippen LogP contribution in [0.1, 0.15) is 48.5 Å². The van der Waals surface area contributed by atoms with Gasteiger partial charge in [0.05, 0.1) is 30.4 Å². The predicted molar refractivity (Wildman–Crippen MR) is 100 cm³/mol. The number of esters is 1. The van der Waals surface area contributed by atoms with Crippen molar-refractivity contribution in [3.8, 4) is 11.5 Å². The summed E-state index contributed by atoms with van der Waals surface area (Å²) in [5.74, 6) is -0.894. The van der Waals surface area contributed by atoms with E-state index in [1.807, 2.05) is 0 Å². The Labute approximate surface area is 162 Å². The number of phenols is 1. The lowest BCUT2D eigenvalue weighted by Gasteiger charge is -2.23. The van der Waals surface area contributed by atoms with Crippen molar-refractivity contribution in [3.63, 3.8) is 0 Å². The molecule has 1 heterocycles. The molecular weight excluding hydrogens is 376 g/mol. The number of halogens is 1. The van der Waals surface area contributed by atoms with Gasteiger partial charge in [0.15, 0.2) is 0 Å². The average Bonchev–Trinajstić information content (AvgIpc) is 2.62. The predicted octanol–water partition coefficient (Wildman–Crippen LogP) is 2.27. The molecule has 0 fully saturated rings. The Morgan fingerprint density at radius 2 is 1.93 bits per heavy atom. The monoisotopic (exact) mass is 400 g/mol. The fourth-order valence-electron chi connectivity index (χ4n) is 2.97. The van der Waals surface area contributed by atoms with Crippen LogP contribution in [0.3, 0.4) is 0 Å². The first kappa shape index (κ1) is 21.5. The van der Waals surface area contributed by atoms with E-state index in [1.165, 1.54) is 25.3 Å². The summed E-state index contributed by atoms with van der Waals surface area (Å²) in [4.78, 5) is 12.6. The molecule has 150 valence electrons. The molecule has 7 nitrogen and oxygen atoms in total. The molecule has 1 aromatic rings. The Morgan fingerprint density at radius 1 is 1.22 bits per heavy atom. The molecule has 8 heteroatoms. The van der Waals surface area contributed by atoms with Crippen LogP contribution in [0.2, 0.25) is 5.02 Å². The third kappa shape index (κ3) is 5.13. The molecule has 0 aromatic heterocycles. The van der Waals surface area contributed by atoms with Gasteiger partial charge in [0.1, 0.15) is 23.2 Å². The van der Waals surface area contributed by atoms with Crippen molar-refractivity contribution in [3.05, 3.63) is 28.3 Å². The quantitative estimate of drug-likeness (QED) is 0.534. The van der Waals surface area contributed by atoms with Crippen LogP contribution >= 0.6 is 11.6 Å². The van der Waals surface area contributed by atoms with Gasteiger partial charge in [-0.25, -0.2) is 4.79 Å². The molecule has 1 aliphatic rings. The van der Waals surface area contributed by atoms with Gasteiger partial charge in [-0.15, -0.1) is 0 Å². The molecule has 0 saturated carbocycles. The number of ether oxygens (including phenoxy) is 2. The van der Waals surface area contributed by atoms with Crippen LogP contribution in [0.15, 0.2) is 12.1 Å². The van der Waals surface area contributed by atoms with Gasteiger partial charge >= 0.3 is 5.97 Å². The van der Waals surface area contributed by atoms with E-state index in [4.69, 9.17) is 21.1 Å². The van der Waals surface area contributed by atoms with Crippen molar-refractivity contribution in [2.24, 2.45) is 0 Å². The number of aromatic hydroxyl groups is 1. The molecule has 4 N–H and O–H groups in total. The van der Waals surface area contributed by atoms with E-state index in [1.54, 1.807) is 6.92 Å². The summed E-state index contributed by atoms with van der Waals surface area (Å²) < 4.78 is 10.5. The highest BCUT2D eigenvalue weighted by atomic mass is 35.5. The first-order chi connectivity index (χ1) is 12.8. The lowest BCUT2D eigenvalue weighted by molar-refractivity contribution is -0.0613. The van der Waals surface area contributed by atoms with E-state index in [0.29, 0.717) is 12.8 Å². The molecule has 0 spiro atoms. The summed E-state index contributed by atoms with van der Waals surface area (Å²) in [7, 11) is 1.38. The van der Waals surface area contributed by atoms with Crippen LogP contribution < -0.4 is 4.74 Å². The SMILES string of the molecule is COc1cc(O)c2c(c1Cl)/C=C/C[C@H](O)[C@H](O)[C@H](O)CCC[C@H](C)OC2=O. The summed E-state index contributed by atoms with van der Waals surface area (Å²) in [6.45, 7) is 1.69. The molecule has 1 aliphatic heterocycles. The zero-order valence-electron chi connectivity index (χ0n) is 15.3. The van der Waals surface area contributed by atoms with Crippen LogP contribution in [0.5, 0.6) is 11.5 Å². The molecule has 0 radical (unpaired) electrons. The van der Waals surface area contributed by atoms with E-state index in [0.717, 1.165) is 0 Å². The van der Waals surface area contributed by atoms with Crippen LogP contribution in [-0.2, 0) is 4.74 Å². The maximum Gasteiger partial charge on any atom is 0.342 e. The van der Waals surface area contributed by atoms with Crippen LogP contribution in [0.25, 0.3) is 6.08 Å². The zero-order chi connectivity index (χ0) is 20.1. The number of carbonyl (C=O) groups is 1. The Balaban J connectivity index is 2.48. The van der Waals surface area contributed by atoms with Gasteiger partial charge in [-0.2, -0.15) is 0 Å². The van der Waals surface area contributed by atoms with Crippen molar-refractivity contribution >= 4 is 23.6 Å². The van der Waals surface area contributed by atoms with E-state index in [-0.39, 0.29) is 40.5 Å². The minimum absolute atomic E-state index is 0.0113. The van der Waals surface area contributed by atoms with Gasteiger partial charge in [0, 0.05) is 11.6 Å². The molecule has 1 aromatic carbocycles. The molecule has 0 aliphatic carbocycles. The largest absolute Gasteiger partial charge is 0.507 e. The second-order valence-electron chi connectivity index (χ2n) is 6.61. The Morgan fingerprint density at radius 3 is 2.59 bits per heavy atom. The fraction of sp³-hybridized carbons (Fsp3) is 0.526. The van der Waals surface area contributed by atoms with Gasteiger partial charge in [-0.05, 0) is 32.6 Å². The Kier molecular flexibility index (Phi) is 7.49. The number of aliphatic hydroxyl groups excluding tert-OH is 3. The topological polar surface area (TPSA) is 116 Å². The summed E-state index contributed by atoms with van der Waals surface area (Å²) in [5.41, 5.74) is 0.0843.